The van der Waals surface area contributed by atoms with Crippen LogP contribution in [0, 0.1) is 0 Å². The molecule has 0 atom stereocenters. The van der Waals surface area contributed by atoms with Crippen molar-refractivity contribution < 1.29 is 10.2 Å². The van der Waals surface area contributed by atoms with Gasteiger partial charge in [0, 0.05) is 44.7 Å². The monoisotopic (exact) mass is 484 g/mol. The van der Waals surface area contributed by atoms with Gasteiger partial charge in [-0.3, -0.25) is 4.90 Å². The van der Waals surface area contributed by atoms with Crippen molar-refractivity contribution in [2.45, 2.75) is 32.1 Å². The van der Waals surface area contributed by atoms with Crippen molar-refractivity contribution >= 4 is 11.1 Å². The van der Waals surface area contributed by atoms with E-state index < -0.39 is 0 Å². The molecule has 1 aliphatic heterocycles. The predicted octanol–water partition coefficient (Wildman–Crippen LogP) is 5.65. The lowest BCUT2D eigenvalue weighted by Crippen LogP contribution is -2.48. The highest BCUT2D eigenvalue weighted by atomic mass is 16.3. The fraction of sp³-hybridized carbons (Fsp3) is 0.375. The normalized spacial score (nSPS) is 16.1. The summed E-state index contributed by atoms with van der Waals surface area (Å²) >= 11 is 0. The predicted molar refractivity (Wildman–Crippen MR) is 150 cm³/mol. The topological polar surface area (TPSA) is 46.9 Å². The fourth-order valence-corrected chi connectivity index (χ4v) is 5.20. The van der Waals surface area contributed by atoms with Crippen LogP contribution in [0.4, 0.5) is 0 Å². The van der Waals surface area contributed by atoms with E-state index in [0.717, 1.165) is 61.4 Å². The number of aliphatic hydroxyl groups is 1. The molecule has 3 aromatic rings. The summed E-state index contributed by atoms with van der Waals surface area (Å²) < 4.78 is 0. The van der Waals surface area contributed by atoms with Gasteiger partial charge >= 0.3 is 0 Å². The zero-order chi connectivity index (χ0) is 25.5. The standard InChI is InChI=1S/C32H40N2O2/c1-32(2,24-34-21-19-33(3)20-22-34)28-15-11-26(12-16-28)31(27-13-17-29(36)18-14-27)30(10-7-23-35)25-8-5-4-6-9-25/h4-6,8-9,11-18,35-36H,7,10,19-24H2,1-3H3/b31-30+. The van der Waals surface area contributed by atoms with Gasteiger partial charge in [0.05, 0.1) is 0 Å². The second-order valence-electron chi connectivity index (χ2n) is 10.6. The molecule has 1 fully saturated rings. The van der Waals surface area contributed by atoms with E-state index in [-0.39, 0.29) is 17.8 Å². The van der Waals surface area contributed by atoms with Gasteiger partial charge in [0.25, 0.3) is 0 Å². The summed E-state index contributed by atoms with van der Waals surface area (Å²) in [4.78, 5) is 4.98. The lowest BCUT2D eigenvalue weighted by atomic mass is 9.81. The van der Waals surface area contributed by atoms with Crippen LogP contribution >= 0.6 is 0 Å². The summed E-state index contributed by atoms with van der Waals surface area (Å²) in [7, 11) is 2.20. The number of aliphatic hydroxyl groups excluding tert-OH is 1. The highest BCUT2D eigenvalue weighted by Crippen LogP contribution is 2.36. The number of rotatable bonds is 9. The van der Waals surface area contributed by atoms with Crippen molar-refractivity contribution in [3.05, 3.63) is 101 Å². The Labute approximate surface area is 216 Å². The van der Waals surface area contributed by atoms with Crippen molar-refractivity contribution in [3.63, 3.8) is 0 Å². The van der Waals surface area contributed by atoms with Gasteiger partial charge in [0.2, 0.25) is 0 Å². The van der Waals surface area contributed by atoms with E-state index in [2.05, 4.69) is 79.2 Å². The van der Waals surface area contributed by atoms with E-state index in [9.17, 15) is 10.2 Å². The first-order valence-electron chi connectivity index (χ1n) is 13.1. The molecule has 1 saturated heterocycles. The Morgan fingerprint density at radius 3 is 1.94 bits per heavy atom. The lowest BCUT2D eigenvalue weighted by molar-refractivity contribution is 0.133. The van der Waals surface area contributed by atoms with Crippen molar-refractivity contribution in [1.29, 1.82) is 0 Å². The number of nitrogens with zero attached hydrogens (tertiary/aromatic N) is 2. The summed E-state index contributed by atoms with van der Waals surface area (Å²) in [6.07, 6.45) is 1.47. The molecular weight excluding hydrogens is 444 g/mol. The highest BCUT2D eigenvalue weighted by Gasteiger charge is 2.26. The zero-order valence-corrected chi connectivity index (χ0v) is 22.0. The maximum Gasteiger partial charge on any atom is 0.115 e. The average Bonchev–Trinajstić information content (AvgIpc) is 2.89. The fourth-order valence-electron chi connectivity index (χ4n) is 5.20. The molecule has 4 rings (SSSR count). The molecular formula is C32H40N2O2. The third kappa shape index (κ3) is 6.44. The van der Waals surface area contributed by atoms with Crippen LogP contribution in [0.2, 0.25) is 0 Å². The molecule has 4 nitrogen and oxygen atoms in total. The van der Waals surface area contributed by atoms with E-state index in [1.807, 2.05) is 18.2 Å². The van der Waals surface area contributed by atoms with Crippen molar-refractivity contribution in [1.82, 2.24) is 9.80 Å². The number of hydrogen-bond acceptors (Lipinski definition) is 4. The summed E-state index contributed by atoms with van der Waals surface area (Å²) in [5.41, 5.74) is 7.12. The first-order valence-corrected chi connectivity index (χ1v) is 13.1. The minimum absolute atomic E-state index is 0.0516. The van der Waals surface area contributed by atoms with Gasteiger partial charge in [-0.1, -0.05) is 80.6 Å². The quantitative estimate of drug-likeness (QED) is 0.386. The molecule has 190 valence electrons. The van der Waals surface area contributed by atoms with Gasteiger partial charge in [0.1, 0.15) is 5.75 Å². The number of likely N-dealkylation sites (N-methyl/N-ethyl adjacent to an activating group) is 1. The van der Waals surface area contributed by atoms with Gasteiger partial charge in [-0.2, -0.15) is 0 Å². The van der Waals surface area contributed by atoms with Crippen LogP contribution in [0.5, 0.6) is 5.75 Å². The lowest BCUT2D eigenvalue weighted by Gasteiger charge is -2.38. The number of aromatic hydroxyl groups is 1. The maximum absolute atomic E-state index is 9.93. The Morgan fingerprint density at radius 2 is 1.36 bits per heavy atom. The summed E-state index contributed by atoms with van der Waals surface area (Å²) in [6.45, 7) is 10.4. The molecule has 0 radical (unpaired) electrons. The van der Waals surface area contributed by atoms with E-state index in [1.54, 1.807) is 12.1 Å². The SMILES string of the molecule is CN1CCN(CC(C)(C)c2ccc(/C(=C(/CCCO)c3ccccc3)c3ccc(O)cc3)cc2)CC1. The third-order valence-corrected chi connectivity index (χ3v) is 7.33. The van der Waals surface area contributed by atoms with Crippen LogP contribution in [0.3, 0.4) is 0 Å². The van der Waals surface area contributed by atoms with Crippen LogP contribution in [0.15, 0.2) is 78.9 Å². The van der Waals surface area contributed by atoms with E-state index in [0.29, 0.717) is 6.42 Å². The summed E-state index contributed by atoms with van der Waals surface area (Å²) in [5.74, 6) is 0.260. The molecule has 0 aliphatic carbocycles. The van der Waals surface area contributed by atoms with Crippen LogP contribution in [-0.2, 0) is 5.41 Å². The zero-order valence-electron chi connectivity index (χ0n) is 22.0. The Hall–Kier alpha value is -2.92. The van der Waals surface area contributed by atoms with Crippen molar-refractivity contribution in [2.24, 2.45) is 0 Å². The molecule has 1 aliphatic rings. The first-order chi connectivity index (χ1) is 17.4. The Balaban J connectivity index is 1.72. The summed E-state index contributed by atoms with van der Waals surface area (Å²) in [5, 5.41) is 19.6. The smallest absolute Gasteiger partial charge is 0.115 e. The Bertz CT molecular complexity index is 1130. The van der Waals surface area contributed by atoms with Crippen molar-refractivity contribution in [2.75, 3.05) is 46.4 Å². The second-order valence-corrected chi connectivity index (χ2v) is 10.6. The van der Waals surface area contributed by atoms with Crippen LogP contribution in [-0.4, -0.2) is 66.4 Å². The van der Waals surface area contributed by atoms with E-state index in [4.69, 9.17) is 0 Å². The Kier molecular flexibility index (Phi) is 8.63. The molecule has 2 N–H and O–H groups in total. The van der Waals surface area contributed by atoms with Crippen LogP contribution in [0.25, 0.3) is 11.1 Å². The number of phenolic OH excluding ortho intramolecular Hbond substituents is 1. The average molecular weight is 485 g/mol. The molecule has 0 amide bonds. The van der Waals surface area contributed by atoms with Gasteiger partial charge in [-0.15, -0.1) is 0 Å². The van der Waals surface area contributed by atoms with Crippen molar-refractivity contribution in [3.8, 4) is 5.75 Å². The molecule has 4 heteroatoms. The molecule has 3 aromatic carbocycles. The summed E-state index contributed by atoms with van der Waals surface area (Å²) in [6, 6.07) is 26.9. The maximum atomic E-state index is 9.93. The van der Waals surface area contributed by atoms with Gasteiger partial charge < -0.3 is 15.1 Å². The molecule has 0 unspecified atom stereocenters. The van der Waals surface area contributed by atoms with Crippen LogP contribution in [0.1, 0.15) is 48.9 Å². The number of phenols is 1. The minimum Gasteiger partial charge on any atom is -0.508 e. The molecule has 1 heterocycles. The highest BCUT2D eigenvalue weighted by molar-refractivity contribution is 5.98. The van der Waals surface area contributed by atoms with Crippen LogP contribution < -0.4 is 0 Å². The van der Waals surface area contributed by atoms with E-state index in [1.165, 1.54) is 11.1 Å². The van der Waals surface area contributed by atoms with E-state index >= 15 is 0 Å². The second kappa shape index (κ2) is 11.9. The van der Waals surface area contributed by atoms with Gasteiger partial charge in [0.15, 0.2) is 0 Å². The Morgan fingerprint density at radius 1 is 0.778 bits per heavy atom. The number of piperazine rings is 1. The largest absolute Gasteiger partial charge is 0.508 e. The molecule has 0 spiro atoms. The minimum atomic E-state index is 0.0516. The molecule has 0 saturated carbocycles. The van der Waals surface area contributed by atoms with Gasteiger partial charge in [-0.05, 0) is 65.4 Å². The number of benzene rings is 3. The first kappa shape index (κ1) is 26.2. The number of allylic oxidation sites excluding steroid dienone is 1. The van der Waals surface area contributed by atoms with Gasteiger partial charge in [-0.25, -0.2) is 0 Å². The molecule has 36 heavy (non-hydrogen) atoms. The number of hydrogen-bond donors (Lipinski definition) is 2. The third-order valence-electron chi connectivity index (χ3n) is 7.33. The molecule has 0 aromatic heterocycles. The molecule has 0 bridgehead atoms.